The molecule has 0 bridgehead atoms. The van der Waals surface area contributed by atoms with E-state index < -0.39 is 81.4 Å². The van der Waals surface area contributed by atoms with Gasteiger partial charge in [0, 0.05) is 58.9 Å². The Hall–Kier alpha value is -4.10. The molecule has 18 heteroatoms. The molecular weight excluding hydrogens is 917 g/mol. The summed E-state index contributed by atoms with van der Waals surface area (Å²) in [6, 6.07) is 2.60. The van der Waals surface area contributed by atoms with Crippen LogP contribution in [-0.2, 0) is 59.3 Å². The zero-order valence-electron chi connectivity index (χ0n) is 44.7. The number of nitrogens with one attached hydrogen (secondary N) is 1. The van der Waals surface area contributed by atoms with Crippen LogP contribution in [-0.4, -0.2) is 154 Å². The summed E-state index contributed by atoms with van der Waals surface area (Å²) >= 11 is 0. The first kappa shape index (κ1) is 62.0. The van der Waals surface area contributed by atoms with Crippen LogP contribution in [0.5, 0.6) is 0 Å². The van der Waals surface area contributed by atoms with E-state index in [4.69, 9.17) is 20.9 Å². The number of rotatable bonds is 32. The first-order valence-corrected chi connectivity index (χ1v) is 26.8. The van der Waals surface area contributed by atoms with Gasteiger partial charge in [-0.2, -0.15) is 0 Å². The molecule has 0 aliphatic carbocycles. The van der Waals surface area contributed by atoms with Gasteiger partial charge in [0.05, 0.1) is 53.7 Å². The van der Waals surface area contributed by atoms with Gasteiger partial charge in [0.15, 0.2) is 27.2 Å². The largest absolute Gasteiger partial charge is 0.379 e. The number of ether oxygens (including phenoxy) is 2. The second-order valence-corrected chi connectivity index (χ2v) is 22.8. The smallest absolute Gasteiger partial charge is 0.237 e. The van der Waals surface area contributed by atoms with E-state index in [9.17, 15) is 42.0 Å². The van der Waals surface area contributed by atoms with Crippen molar-refractivity contribution in [3.63, 3.8) is 0 Å². The minimum absolute atomic E-state index is 0.00564. The molecule has 1 fully saturated rings. The Kier molecular flexibility index (Phi) is 25.5. The molecule has 0 unspecified atom stereocenters. The molecular formula is C52H88N6O11S. The molecule has 4 amide bonds. The minimum Gasteiger partial charge on any atom is -0.379 e. The first-order valence-electron chi connectivity index (χ1n) is 25.2. The van der Waals surface area contributed by atoms with E-state index in [0.29, 0.717) is 44.2 Å². The Balaban J connectivity index is 2.25. The van der Waals surface area contributed by atoms with Crippen LogP contribution >= 0.6 is 0 Å². The number of Topliss-reactive ketones (excluding diaryl/α,β-unsaturated/α-hetero) is 3. The van der Waals surface area contributed by atoms with Gasteiger partial charge in [0.25, 0.3) is 0 Å². The van der Waals surface area contributed by atoms with Crippen LogP contribution in [0, 0.1) is 35.5 Å². The summed E-state index contributed by atoms with van der Waals surface area (Å²) in [5.41, 5.74) is 11.8. The Bertz CT molecular complexity index is 2000. The number of nitrogens with two attached hydrogens (primary N) is 2. The van der Waals surface area contributed by atoms with Gasteiger partial charge < -0.3 is 36.1 Å². The van der Waals surface area contributed by atoms with Crippen LogP contribution in [0.25, 0.3) is 0 Å². The molecule has 0 aromatic heterocycles. The number of benzene rings is 1. The van der Waals surface area contributed by atoms with E-state index >= 15 is 0 Å². The summed E-state index contributed by atoms with van der Waals surface area (Å²) in [5, 5.41) is 2.74. The summed E-state index contributed by atoms with van der Waals surface area (Å²) < 4.78 is 39.3. The average molecular weight is 1010 g/mol. The lowest BCUT2D eigenvalue weighted by molar-refractivity contribution is -0.149. The zero-order valence-corrected chi connectivity index (χ0v) is 45.5. The first-order chi connectivity index (χ1) is 32.6. The van der Waals surface area contributed by atoms with Gasteiger partial charge in [-0.05, 0) is 81.1 Å². The van der Waals surface area contributed by atoms with E-state index in [1.54, 1.807) is 37.6 Å². The highest BCUT2D eigenvalue weighted by molar-refractivity contribution is 7.92. The van der Waals surface area contributed by atoms with E-state index in [2.05, 4.69) is 5.32 Å². The summed E-state index contributed by atoms with van der Waals surface area (Å²) in [4.78, 5) is 98.9. The summed E-state index contributed by atoms with van der Waals surface area (Å²) in [5.74, 6) is -4.87. The van der Waals surface area contributed by atoms with Crippen LogP contribution in [0.2, 0.25) is 0 Å². The second kappa shape index (κ2) is 28.8. The highest BCUT2D eigenvalue weighted by atomic mass is 32.2. The summed E-state index contributed by atoms with van der Waals surface area (Å²) in [6.07, 6.45) is 1.55. The summed E-state index contributed by atoms with van der Waals surface area (Å²) in [7, 11) is 4.27. The predicted octanol–water partition coefficient (Wildman–Crippen LogP) is 4.39. The van der Waals surface area contributed by atoms with Crippen LogP contribution in [0.1, 0.15) is 126 Å². The minimum atomic E-state index is -4.15. The molecule has 0 saturated carbocycles. The number of carbonyl (C=O) groups is 7. The standard InChI is InChI=1S/C52H88N6O11S/c1-15-34(8)49(57(12)52(65)38(31(2)3)28-42(60)48(33(6)7)56(10)11)44(68-13)29-46(63)58-26-18-20-40(58)50(69-14)35(9)43(61)30-70(66,67)37-24-22-36(23-25-37)27-41(59)39(19-16-17-21-45(53)62)55-51(64)47(54)32(4)5/h22-25,31-35,38-40,44,47-50H,15-21,26-30,54H2,1-14H3,(H2,53,62)(H,55,64)/t34-,35-,38-,39-,40-,44+,47-,48-,49-,50+/m0/s1. The molecule has 398 valence electrons. The maximum atomic E-state index is 14.4. The van der Waals surface area contributed by atoms with E-state index in [-0.39, 0.29) is 90.1 Å². The van der Waals surface area contributed by atoms with Gasteiger partial charge in [-0.15, -0.1) is 0 Å². The average Bonchev–Trinajstić information content (AvgIpc) is 3.77. The lowest BCUT2D eigenvalue weighted by atomic mass is 9.83. The fraction of sp³-hybridized carbons (Fsp3) is 0.750. The molecule has 1 saturated heterocycles. The van der Waals surface area contributed by atoms with E-state index in [1.807, 2.05) is 60.5 Å². The topological polar surface area (TPSA) is 246 Å². The molecule has 1 aliphatic heterocycles. The Morgan fingerprint density at radius 3 is 1.94 bits per heavy atom. The number of primary amides is 1. The van der Waals surface area contributed by atoms with Crippen LogP contribution in [0.3, 0.4) is 0 Å². The van der Waals surface area contributed by atoms with Crippen molar-refractivity contribution in [2.24, 2.45) is 47.0 Å². The fourth-order valence-electron chi connectivity index (χ4n) is 9.88. The van der Waals surface area contributed by atoms with Crippen molar-refractivity contribution in [2.45, 2.75) is 174 Å². The van der Waals surface area contributed by atoms with Gasteiger partial charge >= 0.3 is 0 Å². The number of nitrogens with zero attached hydrogens (tertiary/aromatic N) is 3. The van der Waals surface area contributed by atoms with Gasteiger partial charge in [-0.3, -0.25) is 38.5 Å². The van der Waals surface area contributed by atoms with E-state index in [0.717, 1.165) is 0 Å². The zero-order chi connectivity index (χ0) is 53.4. The van der Waals surface area contributed by atoms with Crippen molar-refractivity contribution in [1.82, 2.24) is 20.0 Å². The number of likely N-dealkylation sites (tertiary alicyclic amines) is 1. The monoisotopic (exact) mass is 1000 g/mol. The van der Waals surface area contributed by atoms with Crippen LogP contribution < -0.4 is 16.8 Å². The highest BCUT2D eigenvalue weighted by Crippen LogP contribution is 2.32. The number of ketones is 3. The number of likely N-dealkylation sites (N-methyl/N-ethyl adjacent to an activating group) is 2. The van der Waals surface area contributed by atoms with Crippen molar-refractivity contribution in [3.05, 3.63) is 29.8 Å². The molecule has 70 heavy (non-hydrogen) atoms. The van der Waals surface area contributed by atoms with Gasteiger partial charge in [-0.1, -0.05) is 87.3 Å². The van der Waals surface area contributed by atoms with Crippen molar-refractivity contribution in [2.75, 3.05) is 47.7 Å². The highest BCUT2D eigenvalue weighted by Gasteiger charge is 2.44. The molecule has 1 aromatic rings. The molecule has 1 aromatic carbocycles. The molecule has 1 aliphatic rings. The third kappa shape index (κ3) is 17.6. The number of hydrogen-bond acceptors (Lipinski definition) is 13. The molecule has 0 radical (unpaired) electrons. The predicted molar refractivity (Wildman–Crippen MR) is 271 cm³/mol. The number of amides is 4. The molecule has 2 rings (SSSR count). The number of hydrogen-bond donors (Lipinski definition) is 3. The molecule has 0 spiro atoms. The third-order valence-corrected chi connectivity index (χ3v) is 16.0. The Labute approximate surface area is 419 Å². The SMILES string of the molecule is CC[C@H](C)[C@@H]([C@@H](CC(=O)N1CCC[C@H]1[C@H](OC)[C@@H](C)C(=O)CS(=O)(=O)c1ccc(CC(=O)[C@H](CCCCC(N)=O)NC(=O)[C@@H](N)C(C)C)cc1)OC)N(C)C(=O)[C@@H](CC(=O)[C@H](C(C)C)N(C)C)C(C)C. The third-order valence-electron chi connectivity index (χ3n) is 14.3. The number of methoxy groups -OCH3 is 2. The molecule has 5 N–H and O–H groups in total. The lowest BCUT2D eigenvalue weighted by Gasteiger charge is -2.41. The summed E-state index contributed by atoms with van der Waals surface area (Å²) in [6.45, 7) is 17.5. The van der Waals surface area contributed by atoms with Gasteiger partial charge in [0.1, 0.15) is 5.75 Å². The molecule has 10 atom stereocenters. The van der Waals surface area contributed by atoms with Crippen molar-refractivity contribution < 1.29 is 51.5 Å². The fourth-order valence-corrected chi connectivity index (χ4v) is 11.2. The maximum Gasteiger partial charge on any atom is 0.237 e. The van der Waals surface area contributed by atoms with Crippen LogP contribution in [0.4, 0.5) is 0 Å². The van der Waals surface area contributed by atoms with Crippen molar-refractivity contribution in [3.8, 4) is 0 Å². The van der Waals surface area contributed by atoms with E-state index in [1.165, 1.54) is 38.5 Å². The quantitative estimate of drug-likeness (QED) is 0.0849. The van der Waals surface area contributed by atoms with Gasteiger partial charge in [-0.25, -0.2) is 8.42 Å². The second-order valence-electron chi connectivity index (χ2n) is 20.8. The number of carbonyl (C=O) groups excluding carboxylic acids is 7. The van der Waals surface area contributed by atoms with Crippen molar-refractivity contribution in [1.29, 1.82) is 0 Å². The Morgan fingerprint density at radius 2 is 1.44 bits per heavy atom. The normalized spacial score (nSPS) is 18.2. The lowest BCUT2D eigenvalue weighted by Crippen LogP contribution is -2.54. The Morgan fingerprint density at radius 1 is 0.829 bits per heavy atom. The number of unbranched alkanes of at least 4 members (excludes halogenated alkanes) is 1. The number of sulfone groups is 1. The van der Waals surface area contributed by atoms with Crippen molar-refractivity contribution >= 4 is 50.8 Å². The molecule has 1 heterocycles. The van der Waals surface area contributed by atoms with Gasteiger partial charge in [0.2, 0.25) is 23.6 Å². The maximum absolute atomic E-state index is 14.4. The molecule has 17 nitrogen and oxygen atoms in total. The van der Waals surface area contributed by atoms with Crippen LogP contribution in [0.15, 0.2) is 29.2 Å².